The van der Waals surface area contributed by atoms with Crippen molar-refractivity contribution in [2.75, 3.05) is 19.8 Å². The van der Waals surface area contributed by atoms with Crippen LogP contribution in [0.3, 0.4) is 0 Å². The van der Waals surface area contributed by atoms with Crippen molar-refractivity contribution in [3.05, 3.63) is 18.0 Å². The summed E-state index contributed by atoms with van der Waals surface area (Å²) >= 11 is 0. The van der Waals surface area contributed by atoms with Crippen LogP contribution in [0.4, 0.5) is 0 Å². The molecular formula is C16H29N3O. The predicted octanol–water partition coefficient (Wildman–Crippen LogP) is 2.80. The first-order valence-electron chi connectivity index (χ1n) is 8.09. The molecule has 0 saturated carbocycles. The highest BCUT2D eigenvalue weighted by atomic mass is 16.5. The van der Waals surface area contributed by atoms with Gasteiger partial charge in [-0.1, -0.05) is 13.8 Å². The minimum atomic E-state index is 0.486. The summed E-state index contributed by atoms with van der Waals surface area (Å²) in [6, 6.07) is 3.23. The number of ether oxygens (including phenoxy) is 1. The Balaban J connectivity index is 1.94. The Bertz CT molecular complexity index is 391. The van der Waals surface area contributed by atoms with Crippen molar-refractivity contribution < 1.29 is 4.74 Å². The van der Waals surface area contributed by atoms with Crippen molar-refractivity contribution in [2.24, 2.45) is 5.92 Å². The zero-order valence-corrected chi connectivity index (χ0v) is 13.1. The van der Waals surface area contributed by atoms with Crippen LogP contribution in [0.1, 0.15) is 51.8 Å². The first-order chi connectivity index (χ1) is 9.74. The molecule has 0 bridgehead atoms. The van der Waals surface area contributed by atoms with E-state index in [0.717, 1.165) is 39.0 Å². The van der Waals surface area contributed by atoms with Crippen LogP contribution in [0.15, 0.2) is 12.3 Å². The first kappa shape index (κ1) is 15.5. The number of hydrogen-bond donors (Lipinski definition) is 1. The summed E-state index contributed by atoms with van der Waals surface area (Å²) in [4.78, 5) is 0. The van der Waals surface area contributed by atoms with Crippen LogP contribution in [0, 0.1) is 5.92 Å². The van der Waals surface area contributed by atoms with E-state index in [0.29, 0.717) is 18.0 Å². The maximum Gasteiger partial charge on any atom is 0.0628 e. The van der Waals surface area contributed by atoms with E-state index in [4.69, 9.17) is 9.84 Å². The molecule has 0 radical (unpaired) electrons. The van der Waals surface area contributed by atoms with Crippen LogP contribution in [0.2, 0.25) is 0 Å². The third-order valence-electron chi connectivity index (χ3n) is 4.31. The summed E-state index contributed by atoms with van der Waals surface area (Å²) in [7, 11) is 0. The van der Waals surface area contributed by atoms with Gasteiger partial charge in [-0.3, -0.25) is 4.68 Å². The Morgan fingerprint density at radius 2 is 2.35 bits per heavy atom. The van der Waals surface area contributed by atoms with Crippen LogP contribution in [0.5, 0.6) is 0 Å². The molecule has 0 spiro atoms. The van der Waals surface area contributed by atoms with Crippen molar-refractivity contribution in [2.45, 2.75) is 58.5 Å². The topological polar surface area (TPSA) is 39.1 Å². The van der Waals surface area contributed by atoms with Gasteiger partial charge in [-0.15, -0.1) is 0 Å². The van der Waals surface area contributed by atoms with Crippen molar-refractivity contribution in [3.8, 4) is 0 Å². The van der Waals surface area contributed by atoms with E-state index < -0.39 is 0 Å². The Hall–Kier alpha value is -0.870. The molecule has 1 aromatic rings. The fourth-order valence-electron chi connectivity index (χ4n) is 2.78. The smallest absolute Gasteiger partial charge is 0.0628 e. The highest BCUT2D eigenvalue weighted by Gasteiger charge is 2.26. The van der Waals surface area contributed by atoms with E-state index >= 15 is 0 Å². The summed E-state index contributed by atoms with van der Waals surface area (Å²) in [6.07, 6.45) is 6.56. The summed E-state index contributed by atoms with van der Waals surface area (Å²) in [5.74, 6) is 0.551. The van der Waals surface area contributed by atoms with Crippen LogP contribution < -0.4 is 5.32 Å². The zero-order chi connectivity index (χ0) is 14.4. The van der Waals surface area contributed by atoms with Gasteiger partial charge >= 0.3 is 0 Å². The molecule has 4 nitrogen and oxygen atoms in total. The van der Waals surface area contributed by atoms with Gasteiger partial charge in [0.2, 0.25) is 0 Å². The molecule has 1 N–H and O–H groups in total. The third-order valence-corrected chi connectivity index (χ3v) is 4.31. The van der Waals surface area contributed by atoms with E-state index in [1.807, 2.05) is 0 Å². The number of aromatic nitrogens is 2. The van der Waals surface area contributed by atoms with Gasteiger partial charge in [-0.2, -0.15) is 5.10 Å². The second-order valence-electron chi connectivity index (χ2n) is 5.93. The molecule has 1 aliphatic heterocycles. The summed E-state index contributed by atoms with van der Waals surface area (Å²) in [5.41, 5.74) is 1.20. The highest BCUT2D eigenvalue weighted by Crippen LogP contribution is 2.20. The molecule has 1 aliphatic rings. The quantitative estimate of drug-likeness (QED) is 0.834. The van der Waals surface area contributed by atoms with E-state index in [2.05, 4.69) is 43.0 Å². The van der Waals surface area contributed by atoms with Gasteiger partial charge in [0, 0.05) is 30.8 Å². The maximum absolute atomic E-state index is 5.67. The summed E-state index contributed by atoms with van der Waals surface area (Å²) in [5, 5.41) is 8.39. The van der Waals surface area contributed by atoms with Crippen LogP contribution in [0.25, 0.3) is 0 Å². The Kier molecular flexibility index (Phi) is 6.05. The van der Waals surface area contributed by atoms with Gasteiger partial charge in [-0.25, -0.2) is 0 Å². The van der Waals surface area contributed by atoms with Crippen molar-refractivity contribution in [1.82, 2.24) is 15.1 Å². The number of hydrogen-bond acceptors (Lipinski definition) is 3. The SMILES string of the molecule is CCCNC1CCOCC1Cc1ccn(C(C)CC)n1. The van der Waals surface area contributed by atoms with Crippen LogP contribution >= 0.6 is 0 Å². The van der Waals surface area contributed by atoms with E-state index in [9.17, 15) is 0 Å². The van der Waals surface area contributed by atoms with Crippen molar-refractivity contribution >= 4 is 0 Å². The minimum absolute atomic E-state index is 0.486. The lowest BCUT2D eigenvalue weighted by Gasteiger charge is -2.32. The molecule has 3 atom stereocenters. The Labute approximate surface area is 122 Å². The zero-order valence-electron chi connectivity index (χ0n) is 13.1. The van der Waals surface area contributed by atoms with Gasteiger partial charge in [-0.05, 0) is 45.2 Å². The van der Waals surface area contributed by atoms with Crippen molar-refractivity contribution in [3.63, 3.8) is 0 Å². The molecule has 0 amide bonds. The molecule has 2 rings (SSSR count). The van der Waals surface area contributed by atoms with E-state index in [1.165, 1.54) is 12.1 Å². The Morgan fingerprint density at radius 3 is 3.10 bits per heavy atom. The molecule has 2 heterocycles. The lowest BCUT2D eigenvalue weighted by Crippen LogP contribution is -2.44. The number of rotatable bonds is 7. The van der Waals surface area contributed by atoms with Crippen LogP contribution in [-0.2, 0) is 11.2 Å². The monoisotopic (exact) mass is 279 g/mol. The highest BCUT2D eigenvalue weighted by molar-refractivity contribution is 5.02. The molecule has 114 valence electrons. The molecular weight excluding hydrogens is 250 g/mol. The molecule has 1 saturated heterocycles. The molecule has 1 fully saturated rings. The van der Waals surface area contributed by atoms with Crippen molar-refractivity contribution in [1.29, 1.82) is 0 Å². The lowest BCUT2D eigenvalue weighted by atomic mass is 9.91. The average molecular weight is 279 g/mol. The van der Waals surface area contributed by atoms with Crippen LogP contribution in [-0.4, -0.2) is 35.6 Å². The lowest BCUT2D eigenvalue weighted by molar-refractivity contribution is 0.0318. The van der Waals surface area contributed by atoms with Gasteiger partial charge in [0.05, 0.1) is 12.3 Å². The average Bonchev–Trinajstić information content (AvgIpc) is 2.94. The molecule has 3 unspecified atom stereocenters. The molecule has 20 heavy (non-hydrogen) atoms. The van der Waals surface area contributed by atoms with Gasteiger partial charge in [0.15, 0.2) is 0 Å². The van der Waals surface area contributed by atoms with Gasteiger partial charge < -0.3 is 10.1 Å². The number of nitrogens with zero attached hydrogens (tertiary/aromatic N) is 2. The fraction of sp³-hybridized carbons (Fsp3) is 0.812. The maximum atomic E-state index is 5.67. The molecule has 0 aliphatic carbocycles. The number of nitrogens with one attached hydrogen (secondary N) is 1. The van der Waals surface area contributed by atoms with Gasteiger partial charge in [0.25, 0.3) is 0 Å². The second-order valence-corrected chi connectivity index (χ2v) is 5.93. The standard InChI is InChI=1S/C16H29N3O/c1-4-8-17-16-7-10-20-12-14(16)11-15-6-9-19(18-15)13(3)5-2/h6,9,13-14,16-17H,4-5,7-8,10-12H2,1-3H3. The van der Waals surface area contributed by atoms with Gasteiger partial charge in [0.1, 0.15) is 0 Å². The molecule has 0 aromatic carbocycles. The second kappa shape index (κ2) is 7.79. The normalized spacial score (nSPS) is 24.8. The summed E-state index contributed by atoms with van der Waals surface area (Å²) in [6.45, 7) is 9.48. The van der Waals surface area contributed by atoms with E-state index in [1.54, 1.807) is 0 Å². The fourth-order valence-corrected chi connectivity index (χ4v) is 2.78. The Morgan fingerprint density at radius 1 is 1.50 bits per heavy atom. The van der Waals surface area contributed by atoms with E-state index in [-0.39, 0.29) is 0 Å². The summed E-state index contributed by atoms with van der Waals surface area (Å²) < 4.78 is 7.76. The predicted molar refractivity (Wildman–Crippen MR) is 81.9 cm³/mol. The third kappa shape index (κ3) is 4.06. The molecule has 4 heteroatoms. The molecule has 1 aromatic heterocycles. The minimum Gasteiger partial charge on any atom is -0.381 e. The first-order valence-corrected chi connectivity index (χ1v) is 8.09. The largest absolute Gasteiger partial charge is 0.381 e.